The van der Waals surface area contributed by atoms with Gasteiger partial charge in [0.05, 0.1) is 11.1 Å². The molecule has 1 unspecified atom stereocenters. The lowest BCUT2D eigenvalue weighted by Crippen LogP contribution is -2.70. The number of nitrogens with zero attached hydrogens (tertiary/aromatic N) is 5. The molecule has 1 aromatic rings. The molecule has 3 saturated heterocycles. The first-order valence-electron chi connectivity index (χ1n) is 11.4. The zero-order chi connectivity index (χ0) is 26.3. The van der Waals surface area contributed by atoms with Crippen LogP contribution in [-0.2, 0) is 25.6 Å². The molecule has 0 N–H and O–H groups in total. The number of hydrogen-bond acceptors (Lipinski definition) is 7. The van der Waals surface area contributed by atoms with Gasteiger partial charge in [-0.05, 0) is 36.1 Å². The third kappa shape index (κ3) is 2.92. The number of likely N-dealkylation sites (N-methyl/N-ethyl adjacent to an activating group) is 2. The summed E-state index contributed by atoms with van der Waals surface area (Å²) in [6, 6.07) is 1.61. The van der Waals surface area contributed by atoms with Crippen LogP contribution in [0.25, 0.3) is 6.08 Å². The second kappa shape index (κ2) is 7.89. The minimum Gasteiger partial charge on any atom is -0.367 e. The first-order chi connectivity index (χ1) is 16.9. The molecule has 3 fully saturated rings. The van der Waals surface area contributed by atoms with Crippen LogP contribution in [-0.4, -0.2) is 96.1 Å². The lowest BCUT2D eigenvalue weighted by molar-refractivity contribution is -0.159. The summed E-state index contributed by atoms with van der Waals surface area (Å²) in [6.45, 7) is 0.604. The zero-order valence-corrected chi connectivity index (χ0v) is 21.0. The fourth-order valence-electron chi connectivity index (χ4n) is 5.80. The second-order valence-corrected chi connectivity index (χ2v) is 9.92. The number of urea groups is 2. The molecule has 0 bridgehead atoms. The normalized spacial score (nSPS) is 23.8. The molecule has 11 nitrogen and oxygen atoms in total. The summed E-state index contributed by atoms with van der Waals surface area (Å²) < 4.78 is 0. The van der Waals surface area contributed by atoms with Crippen LogP contribution in [0.1, 0.15) is 24.0 Å². The van der Waals surface area contributed by atoms with E-state index in [9.17, 15) is 28.8 Å². The van der Waals surface area contributed by atoms with Crippen molar-refractivity contribution < 1.29 is 28.8 Å². The minimum atomic E-state index is -1.53. The van der Waals surface area contributed by atoms with E-state index < -0.39 is 47.1 Å². The van der Waals surface area contributed by atoms with E-state index in [1.54, 1.807) is 12.1 Å². The zero-order valence-electron chi connectivity index (χ0n) is 20.2. The average Bonchev–Trinajstić information content (AvgIpc) is 3.37. The fourth-order valence-corrected chi connectivity index (χ4v) is 6.08. The van der Waals surface area contributed by atoms with Gasteiger partial charge in [-0.25, -0.2) is 9.59 Å². The fraction of sp³-hybridized carbons (Fsp3) is 0.417. The Bertz CT molecular complexity index is 1270. The highest BCUT2D eigenvalue weighted by Crippen LogP contribution is 2.51. The Morgan fingerprint density at radius 2 is 1.42 bits per heavy atom. The van der Waals surface area contributed by atoms with Crippen LogP contribution in [0, 0.1) is 5.41 Å². The van der Waals surface area contributed by atoms with Crippen molar-refractivity contribution in [2.75, 3.05) is 39.6 Å². The van der Waals surface area contributed by atoms with Gasteiger partial charge in [-0.1, -0.05) is 17.7 Å². The van der Waals surface area contributed by atoms with Crippen molar-refractivity contribution in [3.05, 3.63) is 33.9 Å². The second-order valence-electron chi connectivity index (χ2n) is 9.55. The molecule has 1 atom stereocenters. The summed E-state index contributed by atoms with van der Waals surface area (Å²) in [5, 5.41) is 0.190. The molecule has 1 aromatic carbocycles. The Morgan fingerprint density at radius 1 is 0.861 bits per heavy atom. The quantitative estimate of drug-likeness (QED) is 0.316. The van der Waals surface area contributed by atoms with Gasteiger partial charge in [0.1, 0.15) is 5.57 Å². The third-order valence-electron chi connectivity index (χ3n) is 7.73. The number of amides is 8. The molecule has 4 heterocycles. The molecule has 36 heavy (non-hydrogen) atoms. The highest BCUT2D eigenvalue weighted by molar-refractivity contribution is 6.35. The van der Waals surface area contributed by atoms with Gasteiger partial charge < -0.3 is 4.90 Å². The first kappa shape index (κ1) is 24.0. The summed E-state index contributed by atoms with van der Waals surface area (Å²) in [5.41, 5.74) is -0.135. The molecule has 5 rings (SSSR count). The van der Waals surface area contributed by atoms with E-state index in [-0.39, 0.29) is 17.0 Å². The van der Waals surface area contributed by atoms with Gasteiger partial charge >= 0.3 is 12.1 Å². The minimum absolute atomic E-state index is 0.0286. The van der Waals surface area contributed by atoms with E-state index in [4.69, 9.17) is 11.6 Å². The number of anilines is 1. The Labute approximate surface area is 211 Å². The van der Waals surface area contributed by atoms with Gasteiger partial charge in [-0.15, -0.1) is 0 Å². The van der Waals surface area contributed by atoms with Crippen molar-refractivity contribution in [1.29, 1.82) is 0 Å². The van der Waals surface area contributed by atoms with Crippen molar-refractivity contribution in [1.82, 2.24) is 19.6 Å². The van der Waals surface area contributed by atoms with E-state index in [0.717, 1.165) is 31.7 Å². The van der Waals surface area contributed by atoms with E-state index in [1.807, 2.05) is 4.90 Å². The Balaban J connectivity index is 1.65. The molecule has 0 aliphatic carbocycles. The van der Waals surface area contributed by atoms with Crippen LogP contribution in [0.15, 0.2) is 17.7 Å². The molecule has 0 saturated carbocycles. The molecule has 8 amide bonds. The van der Waals surface area contributed by atoms with Gasteiger partial charge in [-0.3, -0.25) is 38.8 Å². The molecular weight excluding hydrogens is 490 g/mol. The molecule has 188 valence electrons. The van der Waals surface area contributed by atoms with Crippen molar-refractivity contribution in [2.24, 2.45) is 5.41 Å². The van der Waals surface area contributed by atoms with Gasteiger partial charge in [-0.2, -0.15) is 0 Å². The Hall–Kier alpha value is -3.73. The molecular formula is C24H24ClN5O6. The van der Waals surface area contributed by atoms with E-state index in [2.05, 4.69) is 0 Å². The van der Waals surface area contributed by atoms with Crippen molar-refractivity contribution >= 4 is 59.1 Å². The smallest absolute Gasteiger partial charge is 0.333 e. The molecule has 0 aromatic heterocycles. The van der Waals surface area contributed by atoms with Crippen LogP contribution in [0.3, 0.4) is 0 Å². The van der Waals surface area contributed by atoms with Crippen molar-refractivity contribution in [3.8, 4) is 0 Å². The highest BCUT2D eigenvalue weighted by atomic mass is 35.5. The number of carbonyl (C=O) groups excluding carboxylic acids is 6. The SMILES string of the molecule is CN1C(=O)C(=Cc2ccc3c(c2Cl)CC2(C(=O)N(C)C(=O)N(C)C2=O)C2CCCN32)C(=O)N(C)C1=O. The van der Waals surface area contributed by atoms with Crippen molar-refractivity contribution in [2.45, 2.75) is 25.3 Å². The van der Waals surface area contributed by atoms with Crippen LogP contribution in [0.2, 0.25) is 5.02 Å². The predicted octanol–water partition coefficient (Wildman–Crippen LogP) is 1.34. The number of hydrogen-bond donors (Lipinski definition) is 0. The standard InChI is InChI=1S/C24H24ClN5O6/c1-26-18(31)13(19(32)27(2)22(26)35)10-12-7-8-15-14(17(12)25)11-24(16-6-5-9-30(15)16)20(33)28(3)23(36)29(4)21(24)34/h7-8,10,16H,5-6,9,11H2,1-4H3. The average molecular weight is 514 g/mol. The summed E-state index contributed by atoms with van der Waals surface area (Å²) >= 11 is 6.83. The van der Waals surface area contributed by atoms with Crippen LogP contribution < -0.4 is 4.90 Å². The molecule has 0 radical (unpaired) electrons. The monoisotopic (exact) mass is 513 g/mol. The Kier molecular flexibility index (Phi) is 5.26. The maximum atomic E-state index is 13.6. The van der Waals surface area contributed by atoms with Gasteiger partial charge in [0, 0.05) is 46.8 Å². The molecule has 12 heteroatoms. The number of imide groups is 4. The maximum Gasteiger partial charge on any atom is 0.333 e. The summed E-state index contributed by atoms with van der Waals surface area (Å²) in [7, 11) is 5.28. The highest BCUT2D eigenvalue weighted by Gasteiger charge is 2.64. The molecule has 4 aliphatic heterocycles. The summed E-state index contributed by atoms with van der Waals surface area (Å²) in [4.78, 5) is 82.7. The number of fused-ring (bicyclic) bond motifs is 4. The summed E-state index contributed by atoms with van der Waals surface area (Å²) in [5.74, 6) is -2.66. The maximum absolute atomic E-state index is 13.6. The topological polar surface area (TPSA) is 119 Å². The predicted molar refractivity (Wildman–Crippen MR) is 128 cm³/mol. The lowest BCUT2D eigenvalue weighted by atomic mass is 9.68. The first-order valence-corrected chi connectivity index (χ1v) is 11.8. The van der Waals surface area contributed by atoms with E-state index in [0.29, 0.717) is 24.1 Å². The number of halogens is 1. The number of benzene rings is 1. The number of rotatable bonds is 1. The van der Waals surface area contributed by atoms with Crippen molar-refractivity contribution in [3.63, 3.8) is 0 Å². The Morgan fingerprint density at radius 3 is 2.00 bits per heavy atom. The summed E-state index contributed by atoms with van der Waals surface area (Å²) in [6.07, 6.45) is 2.65. The third-order valence-corrected chi connectivity index (χ3v) is 8.17. The lowest BCUT2D eigenvalue weighted by Gasteiger charge is -2.51. The number of barbiturate groups is 2. The van der Waals surface area contributed by atoms with Crippen LogP contribution in [0.4, 0.5) is 15.3 Å². The van der Waals surface area contributed by atoms with E-state index in [1.165, 1.54) is 34.3 Å². The van der Waals surface area contributed by atoms with Gasteiger partial charge in [0.25, 0.3) is 11.8 Å². The van der Waals surface area contributed by atoms with E-state index >= 15 is 0 Å². The molecule has 1 spiro atoms. The largest absolute Gasteiger partial charge is 0.367 e. The number of carbonyl (C=O) groups is 6. The van der Waals surface area contributed by atoms with Gasteiger partial charge in [0.2, 0.25) is 11.8 Å². The van der Waals surface area contributed by atoms with Gasteiger partial charge in [0.15, 0.2) is 5.41 Å². The van der Waals surface area contributed by atoms with Crippen LogP contribution in [0.5, 0.6) is 0 Å². The molecule has 4 aliphatic rings. The van der Waals surface area contributed by atoms with Crippen LogP contribution >= 0.6 is 11.6 Å².